The molecule has 2 aromatic carbocycles. The lowest BCUT2D eigenvalue weighted by molar-refractivity contribution is 0.148. The highest BCUT2D eigenvalue weighted by atomic mass is 16.5. The van der Waals surface area contributed by atoms with Crippen molar-refractivity contribution >= 4 is 16.9 Å². The van der Waals surface area contributed by atoms with Crippen LogP contribution in [0.2, 0.25) is 0 Å². The lowest BCUT2D eigenvalue weighted by Gasteiger charge is -2.15. The van der Waals surface area contributed by atoms with Crippen LogP contribution in [0.3, 0.4) is 0 Å². The monoisotopic (exact) mass is 365 g/mol. The van der Waals surface area contributed by atoms with Gasteiger partial charge in [-0.2, -0.15) is 5.10 Å². The van der Waals surface area contributed by atoms with Crippen molar-refractivity contribution in [2.45, 2.75) is 34.4 Å². The van der Waals surface area contributed by atoms with E-state index < -0.39 is 6.09 Å². The summed E-state index contributed by atoms with van der Waals surface area (Å²) in [7, 11) is 0. The fraction of sp³-hybridized carbons (Fsp3) is 0.286. The first kappa shape index (κ1) is 18.6. The summed E-state index contributed by atoms with van der Waals surface area (Å²) in [5, 5.41) is 8.51. The van der Waals surface area contributed by atoms with Crippen molar-refractivity contribution in [3.63, 3.8) is 0 Å². The fourth-order valence-electron chi connectivity index (χ4n) is 3.40. The van der Waals surface area contributed by atoms with E-state index in [2.05, 4.69) is 29.5 Å². The molecule has 1 amide bonds. The molecule has 6 nitrogen and oxygen atoms in total. The van der Waals surface area contributed by atoms with Gasteiger partial charge in [-0.3, -0.25) is 4.79 Å². The van der Waals surface area contributed by atoms with Crippen molar-refractivity contribution in [2.75, 3.05) is 6.61 Å². The minimum atomic E-state index is -0.580. The van der Waals surface area contributed by atoms with Gasteiger partial charge in [-0.15, -0.1) is 0 Å². The second kappa shape index (κ2) is 7.61. The summed E-state index contributed by atoms with van der Waals surface area (Å²) in [4.78, 5) is 24.4. The average Bonchev–Trinajstić information content (AvgIpc) is 2.62. The lowest BCUT2D eigenvalue weighted by Crippen LogP contribution is -2.34. The third-order valence-electron chi connectivity index (χ3n) is 4.43. The maximum atomic E-state index is 12.8. The molecule has 0 spiro atoms. The number of carbonyl (C=O) groups excluding carboxylic acids is 1. The molecule has 3 aromatic rings. The van der Waals surface area contributed by atoms with Crippen LogP contribution in [0, 0.1) is 20.8 Å². The van der Waals surface area contributed by atoms with Gasteiger partial charge in [0.2, 0.25) is 0 Å². The standard InChI is InChI=1S/C21H23N3O3/c1-5-27-21(26)22-12-24-20(25)17-9-7-6-8-16(17)19(23-24)18-14(3)10-13(2)11-15(18)4/h6-11H,5,12H2,1-4H3,(H,22,26). The SMILES string of the molecule is CCOC(=O)NCn1nc(-c2c(C)cc(C)cc2C)c2ccccc2c1=O. The Morgan fingerprint density at radius 3 is 2.37 bits per heavy atom. The molecule has 0 unspecified atom stereocenters. The van der Waals surface area contributed by atoms with Gasteiger partial charge in [-0.25, -0.2) is 9.48 Å². The Morgan fingerprint density at radius 2 is 1.74 bits per heavy atom. The number of hydrogen-bond donors (Lipinski definition) is 1. The molecule has 140 valence electrons. The van der Waals surface area contributed by atoms with E-state index >= 15 is 0 Å². The zero-order chi connectivity index (χ0) is 19.6. The van der Waals surface area contributed by atoms with Crippen LogP contribution in [0.15, 0.2) is 41.2 Å². The first-order valence-corrected chi connectivity index (χ1v) is 8.91. The number of alkyl carbamates (subject to hydrolysis) is 1. The maximum absolute atomic E-state index is 12.8. The number of hydrogen-bond acceptors (Lipinski definition) is 4. The molecular weight excluding hydrogens is 342 g/mol. The molecule has 1 heterocycles. The van der Waals surface area contributed by atoms with Crippen LogP contribution >= 0.6 is 0 Å². The largest absolute Gasteiger partial charge is 0.450 e. The molecule has 0 aliphatic heterocycles. The Labute approximate surface area is 157 Å². The van der Waals surface area contributed by atoms with E-state index in [1.165, 1.54) is 10.2 Å². The summed E-state index contributed by atoms with van der Waals surface area (Å²) >= 11 is 0. The van der Waals surface area contributed by atoms with Crippen LogP contribution in [0.4, 0.5) is 4.79 Å². The number of ether oxygens (including phenoxy) is 1. The number of aryl methyl sites for hydroxylation is 3. The smallest absolute Gasteiger partial charge is 0.408 e. The maximum Gasteiger partial charge on any atom is 0.408 e. The van der Waals surface area contributed by atoms with Crippen molar-refractivity contribution in [1.82, 2.24) is 15.1 Å². The van der Waals surface area contributed by atoms with Gasteiger partial charge in [0.15, 0.2) is 0 Å². The minimum absolute atomic E-state index is 0.0561. The summed E-state index contributed by atoms with van der Waals surface area (Å²) in [5.74, 6) is 0. The molecule has 0 saturated carbocycles. The molecule has 0 atom stereocenters. The Kier molecular flexibility index (Phi) is 5.26. The Bertz CT molecular complexity index is 1050. The molecule has 0 aliphatic carbocycles. The van der Waals surface area contributed by atoms with E-state index in [9.17, 15) is 9.59 Å². The number of nitrogens with one attached hydrogen (secondary N) is 1. The van der Waals surface area contributed by atoms with Crippen molar-refractivity contribution in [1.29, 1.82) is 0 Å². The highest BCUT2D eigenvalue weighted by Gasteiger charge is 2.16. The predicted octanol–water partition coefficient (Wildman–Crippen LogP) is 3.69. The number of nitrogens with zero attached hydrogens (tertiary/aromatic N) is 2. The molecule has 0 radical (unpaired) electrons. The second-order valence-corrected chi connectivity index (χ2v) is 6.53. The number of amides is 1. The molecule has 27 heavy (non-hydrogen) atoms. The van der Waals surface area contributed by atoms with Crippen LogP contribution < -0.4 is 10.9 Å². The Hall–Kier alpha value is -3.15. The lowest BCUT2D eigenvalue weighted by atomic mass is 9.95. The van der Waals surface area contributed by atoms with E-state index in [1.807, 2.05) is 32.0 Å². The van der Waals surface area contributed by atoms with Crippen LogP contribution in [-0.2, 0) is 11.4 Å². The molecule has 1 aromatic heterocycles. The predicted molar refractivity (Wildman–Crippen MR) is 106 cm³/mol. The third kappa shape index (κ3) is 3.69. The molecule has 0 aliphatic rings. The number of benzene rings is 2. The highest BCUT2D eigenvalue weighted by molar-refractivity contribution is 5.95. The van der Waals surface area contributed by atoms with Gasteiger partial charge < -0.3 is 10.1 Å². The molecular formula is C21H23N3O3. The first-order valence-electron chi connectivity index (χ1n) is 8.91. The Balaban J connectivity index is 2.20. The van der Waals surface area contributed by atoms with Crippen LogP contribution in [0.5, 0.6) is 0 Å². The van der Waals surface area contributed by atoms with Gasteiger partial charge in [-0.05, 0) is 44.9 Å². The quantitative estimate of drug-likeness (QED) is 0.765. The molecule has 0 fully saturated rings. The number of aromatic nitrogens is 2. The Morgan fingerprint density at radius 1 is 1.11 bits per heavy atom. The van der Waals surface area contributed by atoms with Crippen molar-refractivity contribution in [2.24, 2.45) is 0 Å². The van der Waals surface area contributed by atoms with Crippen LogP contribution in [0.25, 0.3) is 22.0 Å². The molecule has 3 rings (SSSR count). The van der Waals surface area contributed by atoms with Gasteiger partial charge in [0, 0.05) is 10.9 Å². The third-order valence-corrected chi connectivity index (χ3v) is 4.43. The van der Waals surface area contributed by atoms with Crippen molar-refractivity contribution in [3.05, 3.63) is 63.4 Å². The topological polar surface area (TPSA) is 73.2 Å². The number of carbonyl (C=O) groups is 1. The van der Waals surface area contributed by atoms with E-state index in [0.29, 0.717) is 5.39 Å². The molecule has 1 N–H and O–H groups in total. The van der Waals surface area contributed by atoms with E-state index in [-0.39, 0.29) is 18.8 Å². The molecule has 6 heteroatoms. The van der Waals surface area contributed by atoms with Gasteiger partial charge in [0.1, 0.15) is 6.67 Å². The zero-order valence-electron chi connectivity index (χ0n) is 16.0. The zero-order valence-corrected chi connectivity index (χ0v) is 16.0. The van der Waals surface area contributed by atoms with E-state index in [1.54, 1.807) is 13.0 Å². The summed E-state index contributed by atoms with van der Waals surface area (Å²) < 4.78 is 6.14. The van der Waals surface area contributed by atoms with Gasteiger partial charge in [0.05, 0.1) is 17.7 Å². The summed E-state index contributed by atoms with van der Waals surface area (Å²) in [6, 6.07) is 11.6. The minimum Gasteiger partial charge on any atom is -0.450 e. The fourth-order valence-corrected chi connectivity index (χ4v) is 3.40. The highest BCUT2D eigenvalue weighted by Crippen LogP contribution is 2.31. The first-order chi connectivity index (χ1) is 12.9. The number of rotatable bonds is 4. The number of fused-ring (bicyclic) bond motifs is 1. The van der Waals surface area contributed by atoms with Crippen molar-refractivity contribution < 1.29 is 9.53 Å². The average molecular weight is 365 g/mol. The van der Waals surface area contributed by atoms with Crippen LogP contribution in [0.1, 0.15) is 23.6 Å². The molecule has 0 bridgehead atoms. The van der Waals surface area contributed by atoms with Gasteiger partial charge >= 0.3 is 6.09 Å². The normalized spacial score (nSPS) is 10.8. The van der Waals surface area contributed by atoms with E-state index in [4.69, 9.17) is 4.74 Å². The summed E-state index contributed by atoms with van der Waals surface area (Å²) in [5.41, 5.74) is 4.83. The summed E-state index contributed by atoms with van der Waals surface area (Å²) in [6.45, 7) is 8.06. The summed E-state index contributed by atoms with van der Waals surface area (Å²) in [6.07, 6.45) is -0.580. The van der Waals surface area contributed by atoms with Gasteiger partial charge in [0.25, 0.3) is 5.56 Å². The second-order valence-electron chi connectivity index (χ2n) is 6.53. The molecule has 0 saturated heterocycles. The van der Waals surface area contributed by atoms with E-state index in [0.717, 1.165) is 27.8 Å². The van der Waals surface area contributed by atoms with Gasteiger partial charge in [-0.1, -0.05) is 35.9 Å². The van der Waals surface area contributed by atoms with Crippen LogP contribution in [-0.4, -0.2) is 22.5 Å². The van der Waals surface area contributed by atoms with Crippen molar-refractivity contribution in [3.8, 4) is 11.3 Å².